The summed E-state index contributed by atoms with van der Waals surface area (Å²) in [5.41, 5.74) is 7.55. The maximum atomic E-state index is 13.3. The zero-order chi connectivity index (χ0) is 20.5. The molecule has 1 aliphatic carbocycles. The van der Waals surface area contributed by atoms with Crippen molar-refractivity contribution >= 4 is 11.3 Å². The number of thiazole rings is 1. The van der Waals surface area contributed by atoms with Crippen molar-refractivity contribution in [2.45, 2.75) is 64.1 Å². The molecule has 2 unspecified atom stereocenters. The molecule has 1 fully saturated rings. The van der Waals surface area contributed by atoms with Crippen LogP contribution in [0.2, 0.25) is 0 Å². The standard InChI is InChI=1S/C21H29F2N3OS/c1-20(2,3)10-19-26-18(12-28-19)21(4-5-21)25-11-17(27)16(24)8-13-6-14(22)9-15(23)7-13/h6-7,9,12,16-17,25,27H,4-5,8,10-11,24H2,1-3H3. The number of hydrogen-bond acceptors (Lipinski definition) is 5. The van der Waals surface area contributed by atoms with Crippen LogP contribution in [-0.2, 0) is 18.4 Å². The van der Waals surface area contributed by atoms with Crippen molar-refractivity contribution in [1.29, 1.82) is 0 Å². The Morgan fingerprint density at radius 2 is 1.89 bits per heavy atom. The third-order valence-corrected chi connectivity index (χ3v) is 5.86. The topological polar surface area (TPSA) is 71.2 Å². The van der Waals surface area contributed by atoms with Crippen LogP contribution in [0.4, 0.5) is 8.78 Å². The molecular weight excluding hydrogens is 380 g/mol. The van der Waals surface area contributed by atoms with Gasteiger partial charge in [-0.3, -0.25) is 0 Å². The molecule has 4 nitrogen and oxygen atoms in total. The number of aliphatic hydroxyl groups is 1. The Bertz CT molecular complexity index is 794. The lowest BCUT2D eigenvalue weighted by Crippen LogP contribution is -2.45. The summed E-state index contributed by atoms with van der Waals surface area (Å²) >= 11 is 1.68. The van der Waals surface area contributed by atoms with Crippen LogP contribution in [0, 0.1) is 17.0 Å². The summed E-state index contributed by atoms with van der Waals surface area (Å²) in [6.07, 6.45) is 2.27. The Balaban J connectivity index is 1.55. The number of aromatic nitrogens is 1. The van der Waals surface area contributed by atoms with Gasteiger partial charge in [-0.2, -0.15) is 0 Å². The van der Waals surface area contributed by atoms with Crippen LogP contribution in [0.25, 0.3) is 0 Å². The molecule has 0 spiro atoms. The first kappa shape index (κ1) is 21.3. The average molecular weight is 410 g/mol. The van der Waals surface area contributed by atoms with E-state index in [1.807, 2.05) is 0 Å². The highest BCUT2D eigenvalue weighted by atomic mass is 32.1. The second kappa shape index (κ2) is 8.14. The van der Waals surface area contributed by atoms with E-state index in [4.69, 9.17) is 10.7 Å². The number of hydrogen-bond donors (Lipinski definition) is 3. The molecule has 0 aliphatic heterocycles. The van der Waals surface area contributed by atoms with Gasteiger partial charge in [-0.1, -0.05) is 20.8 Å². The van der Waals surface area contributed by atoms with Gasteiger partial charge in [-0.15, -0.1) is 11.3 Å². The van der Waals surface area contributed by atoms with Crippen LogP contribution in [-0.4, -0.2) is 28.8 Å². The van der Waals surface area contributed by atoms with E-state index in [1.54, 1.807) is 11.3 Å². The molecule has 2 atom stereocenters. The SMILES string of the molecule is CC(C)(C)Cc1nc(C2(NCC(O)C(N)Cc3cc(F)cc(F)c3)CC2)cs1. The van der Waals surface area contributed by atoms with Crippen molar-refractivity contribution in [1.82, 2.24) is 10.3 Å². The molecule has 154 valence electrons. The van der Waals surface area contributed by atoms with E-state index in [9.17, 15) is 13.9 Å². The lowest BCUT2D eigenvalue weighted by atomic mass is 9.93. The van der Waals surface area contributed by atoms with E-state index in [2.05, 4.69) is 31.5 Å². The lowest BCUT2D eigenvalue weighted by Gasteiger charge is -2.23. The largest absolute Gasteiger partial charge is 0.390 e. The monoisotopic (exact) mass is 409 g/mol. The van der Waals surface area contributed by atoms with E-state index in [0.29, 0.717) is 12.1 Å². The van der Waals surface area contributed by atoms with Gasteiger partial charge in [0.05, 0.1) is 22.3 Å². The molecule has 4 N–H and O–H groups in total. The minimum atomic E-state index is -0.823. The summed E-state index contributed by atoms with van der Waals surface area (Å²) < 4.78 is 26.6. The molecule has 0 radical (unpaired) electrons. The van der Waals surface area contributed by atoms with Crippen molar-refractivity contribution in [3.05, 3.63) is 51.5 Å². The number of halogens is 2. The molecule has 0 bridgehead atoms. The normalized spacial score (nSPS) is 18.1. The number of rotatable bonds is 8. The molecular formula is C21H29F2N3OS. The highest BCUT2D eigenvalue weighted by molar-refractivity contribution is 7.09. The first-order valence-electron chi connectivity index (χ1n) is 9.65. The minimum Gasteiger partial charge on any atom is -0.390 e. The Morgan fingerprint density at radius 1 is 1.25 bits per heavy atom. The molecule has 0 saturated heterocycles. The molecule has 1 saturated carbocycles. The highest BCUT2D eigenvalue weighted by Crippen LogP contribution is 2.45. The Hall–Kier alpha value is -1.41. The first-order valence-corrected chi connectivity index (χ1v) is 10.5. The second-order valence-corrected chi connectivity index (χ2v) is 9.98. The molecule has 2 aromatic rings. The van der Waals surface area contributed by atoms with Gasteiger partial charge in [0.25, 0.3) is 0 Å². The third kappa shape index (κ3) is 5.56. The van der Waals surface area contributed by atoms with Crippen molar-refractivity contribution in [3.8, 4) is 0 Å². The number of nitrogens with one attached hydrogen (secondary N) is 1. The fourth-order valence-electron chi connectivity index (χ4n) is 3.30. The maximum absolute atomic E-state index is 13.3. The smallest absolute Gasteiger partial charge is 0.126 e. The third-order valence-electron chi connectivity index (χ3n) is 5.01. The summed E-state index contributed by atoms with van der Waals surface area (Å²) in [5.74, 6) is -1.28. The fraction of sp³-hybridized carbons (Fsp3) is 0.571. The van der Waals surface area contributed by atoms with Crippen LogP contribution >= 0.6 is 11.3 Å². The van der Waals surface area contributed by atoms with Gasteiger partial charge in [0.2, 0.25) is 0 Å². The number of aliphatic hydroxyl groups excluding tert-OH is 1. The Morgan fingerprint density at radius 3 is 2.46 bits per heavy atom. The summed E-state index contributed by atoms with van der Waals surface area (Å²) in [5, 5.41) is 17.1. The second-order valence-electron chi connectivity index (χ2n) is 9.04. The van der Waals surface area contributed by atoms with E-state index in [0.717, 1.165) is 36.0 Å². The molecule has 0 amide bonds. The summed E-state index contributed by atoms with van der Waals surface area (Å²) in [6, 6.07) is 2.71. The first-order chi connectivity index (χ1) is 13.1. The van der Waals surface area contributed by atoms with Gasteiger partial charge in [-0.25, -0.2) is 13.8 Å². The zero-order valence-corrected chi connectivity index (χ0v) is 17.5. The van der Waals surface area contributed by atoms with Crippen LogP contribution < -0.4 is 11.1 Å². The van der Waals surface area contributed by atoms with Crippen molar-refractivity contribution in [2.75, 3.05) is 6.54 Å². The molecule has 7 heteroatoms. The Labute approximate surface area is 169 Å². The molecule has 1 aromatic heterocycles. The van der Waals surface area contributed by atoms with Gasteiger partial charge in [0, 0.05) is 30.5 Å². The molecule has 1 aliphatic rings. The van der Waals surface area contributed by atoms with Gasteiger partial charge in [0.1, 0.15) is 11.6 Å². The fourth-order valence-corrected chi connectivity index (χ4v) is 4.50. The van der Waals surface area contributed by atoms with E-state index in [-0.39, 0.29) is 17.4 Å². The number of nitrogens with two attached hydrogens (primary N) is 1. The predicted molar refractivity (Wildman–Crippen MR) is 108 cm³/mol. The molecule has 1 heterocycles. The van der Waals surface area contributed by atoms with E-state index >= 15 is 0 Å². The van der Waals surface area contributed by atoms with Crippen LogP contribution in [0.5, 0.6) is 0 Å². The number of nitrogens with zero attached hydrogens (tertiary/aromatic N) is 1. The van der Waals surface area contributed by atoms with E-state index in [1.165, 1.54) is 12.1 Å². The minimum absolute atomic E-state index is 0.182. The van der Waals surface area contributed by atoms with Gasteiger partial charge < -0.3 is 16.2 Å². The van der Waals surface area contributed by atoms with Crippen LogP contribution in [0.15, 0.2) is 23.6 Å². The van der Waals surface area contributed by atoms with Gasteiger partial charge >= 0.3 is 0 Å². The summed E-state index contributed by atoms with van der Waals surface area (Å²) in [4.78, 5) is 4.80. The summed E-state index contributed by atoms with van der Waals surface area (Å²) in [7, 11) is 0. The zero-order valence-electron chi connectivity index (χ0n) is 16.6. The van der Waals surface area contributed by atoms with Gasteiger partial charge in [-0.05, 0) is 42.4 Å². The lowest BCUT2D eigenvalue weighted by molar-refractivity contribution is 0.136. The predicted octanol–water partition coefficient (Wildman–Crippen LogP) is 3.52. The van der Waals surface area contributed by atoms with Crippen LogP contribution in [0.1, 0.15) is 49.9 Å². The van der Waals surface area contributed by atoms with Gasteiger partial charge in [0.15, 0.2) is 0 Å². The quantitative estimate of drug-likeness (QED) is 0.624. The Kier molecular flexibility index (Phi) is 6.20. The molecule has 1 aromatic carbocycles. The summed E-state index contributed by atoms with van der Waals surface area (Å²) in [6.45, 7) is 6.90. The maximum Gasteiger partial charge on any atom is 0.126 e. The molecule has 3 rings (SSSR count). The number of benzene rings is 1. The van der Waals surface area contributed by atoms with Crippen molar-refractivity contribution < 1.29 is 13.9 Å². The van der Waals surface area contributed by atoms with E-state index < -0.39 is 23.8 Å². The highest BCUT2D eigenvalue weighted by Gasteiger charge is 2.46. The van der Waals surface area contributed by atoms with Crippen molar-refractivity contribution in [3.63, 3.8) is 0 Å². The molecule has 28 heavy (non-hydrogen) atoms. The van der Waals surface area contributed by atoms with Crippen LogP contribution in [0.3, 0.4) is 0 Å². The van der Waals surface area contributed by atoms with Crippen molar-refractivity contribution in [2.24, 2.45) is 11.1 Å². The average Bonchev–Trinajstić information content (AvgIpc) is 3.22.